The van der Waals surface area contributed by atoms with E-state index in [-0.39, 0.29) is 0 Å². The van der Waals surface area contributed by atoms with E-state index in [0.717, 1.165) is 14.7 Å². The van der Waals surface area contributed by atoms with E-state index >= 15 is 0 Å². The van der Waals surface area contributed by atoms with E-state index in [4.69, 9.17) is 11.6 Å². The Morgan fingerprint density at radius 3 is 3.09 bits per heavy atom. The fourth-order valence-corrected chi connectivity index (χ4v) is 1.71. The summed E-state index contributed by atoms with van der Waals surface area (Å²) in [4.78, 5) is 7.21. The summed E-state index contributed by atoms with van der Waals surface area (Å²) in [7, 11) is 0. The topological polar surface area (TPSA) is 28.7 Å². The minimum Gasteiger partial charge on any atom is -0.335 e. The molecule has 0 saturated heterocycles. The maximum absolute atomic E-state index is 5.75. The number of nitrogens with one attached hydrogen (secondary N) is 1. The Balaban J connectivity index is 2.82. The van der Waals surface area contributed by atoms with Crippen molar-refractivity contribution in [3.63, 3.8) is 0 Å². The zero-order chi connectivity index (χ0) is 7.84. The highest BCUT2D eigenvalue weighted by Crippen LogP contribution is 2.17. The van der Waals surface area contributed by atoms with Gasteiger partial charge in [0, 0.05) is 11.6 Å². The van der Waals surface area contributed by atoms with Crippen molar-refractivity contribution >= 4 is 45.2 Å². The first-order chi connectivity index (χ1) is 5.25. The number of fused-ring (bicyclic) bond motifs is 1. The molecule has 4 heteroatoms. The Hall–Kier alpha value is -0.290. The fourth-order valence-electron chi connectivity index (χ4n) is 0.955. The molecule has 0 unspecified atom stereocenters. The summed E-state index contributed by atoms with van der Waals surface area (Å²) in [6, 6.07) is 3.90. The highest BCUT2D eigenvalue weighted by molar-refractivity contribution is 14.1. The molecule has 2 aromatic heterocycles. The number of hydrogen-bond donors (Lipinski definition) is 1. The van der Waals surface area contributed by atoms with Crippen LogP contribution >= 0.6 is 34.2 Å². The van der Waals surface area contributed by atoms with Crippen molar-refractivity contribution in [1.29, 1.82) is 0 Å². The van der Waals surface area contributed by atoms with Gasteiger partial charge in [-0.3, -0.25) is 0 Å². The van der Waals surface area contributed by atoms with E-state index in [1.807, 2.05) is 12.1 Å². The summed E-state index contributed by atoms with van der Waals surface area (Å²) >= 11 is 7.96. The van der Waals surface area contributed by atoms with E-state index in [1.165, 1.54) is 0 Å². The fraction of sp³-hybridized carbons (Fsp3) is 0. The largest absolute Gasteiger partial charge is 0.335 e. The lowest BCUT2D eigenvalue weighted by molar-refractivity contribution is 1.30. The molecule has 0 aliphatic rings. The summed E-state index contributed by atoms with van der Waals surface area (Å²) in [6.07, 6.45) is 1.64. The Kier molecular flexibility index (Phi) is 1.77. The number of aromatic amines is 1. The molecule has 1 N–H and O–H groups in total. The molecule has 0 aliphatic heterocycles. The monoisotopic (exact) mass is 278 g/mol. The van der Waals surface area contributed by atoms with Crippen molar-refractivity contribution in [3.8, 4) is 0 Å². The smallest absolute Gasteiger partial charge is 0.138 e. The standard InChI is InChI=1S/C7H4ClIN2/c8-5-1-4-2-6(9)11-7(4)10-3-5/h1-3H,(H,10,11). The third kappa shape index (κ3) is 1.35. The van der Waals surface area contributed by atoms with Gasteiger partial charge in [0.15, 0.2) is 0 Å². The van der Waals surface area contributed by atoms with Gasteiger partial charge in [-0.1, -0.05) is 11.6 Å². The maximum Gasteiger partial charge on any atom is 0.138 e. The summed E-state index contributed by atoms with van der Waals surface area (Å²) in [5.41, 5.74) is 0.888. The van der Waals surface area contributed by atoms with Crippen LogP contribution < -0.4 is 0 Å². The summed E-state index contributed by atoms with van der Waals surface area (Å²) < 4.78 is 1.08. The van der Waals surface area contributed by atoms with E-state index < -0.39 is 0 Å². The van der Waals surface area contributed by atoms with Crippen LogP contribution in [-0.4, -0.2) is 9.97 Å². The average molecular weight is 278 g/mol. The molecule has 0 spiro atoms. The lowest BCUT2D eigenvalue weighted by Crippen LogP contribution is -1.74. The molecule has 56 valence electrons. The Morgan fingerprint density at radius 1 is 1.45 bits per heavy atom. The van der Waals surface area contributed by atoms with Crippen LogP contribution in [0.1, 0.15) is 0 Å². The van der Waals surface area contributed by atoms with Crippen LogP contribution in [0.25, 0.3) is 11.0 Å². The highest BCUT2D eigenvalue weighted by atomic mass is 127. The zero-order valence-corrected chi connectivity index (χ0v) is 8.35. The number of rotatable bonds is 0. The van der Waals surface area contributed by atoms with Gasteiger partial charge in [-0.2, -0.15) is 0 Å². The van der Waals surface area contributed by atoms with Gasteiger partial charge in [-0.05, 0) is 34.7 Å². The van der Waals surface area contributed by atoms with Crippen LogP contribution in [-0.2, 0) is 0 Å². The second-order valence-corrected chi connectivity index (χ2v) is 3.81. The number of H-pyrrole nitrogens is 1. The van der Waals surface area contributed by atoms with Gasteiger partial charge in [0.05, 0.1) is 8.72 Å². The summed E-state index contributed by atoms with van der Waals surface area (Å²) in [5.74, 6) is 0. The number of nitrogens with zero attached hydrogens (tertiary/aromatic N) is 1. The molecule has 0 bridgehead atoms. The molecule has 0 saturated carbocycles. The van der Waals surface area contributed by atoms with Crippen LogP contribution in [0.4, 0.5) is 0 Å². The first-order valence-electron chi connectivity index (χ1n) is 3.05. The van der Waals surface area contributed by atoms with Gasteiger partial charge in [0.2, 0.25) is 0 Å². The van der Waals surface area contributed by atoms with Gasteiger partial charge in [-0.15, -0.1) is 0 Å². The first kappa shape index (κ1) is 7.36. The minimum atomic E-state index is 0.674. The molecule has 0 amide bonds. The van der Waals surface area contributed by atoms with E-state index in [1.54, 1.807) is 6.20 Å². The van der Waals surface area contributed by atoms with Crippen molar-refractivity contribution in [2.75, 3.05) is 0 Å². The van der Waals surface area contributed by atoms with Crippen molar-refractivity contribution in [2.24, 2.45) is 0 Å². The molecule has 2 rings (SSSR count). The highest BCUT2D eigenvalue weighted by Gasteiger charge is 1.98. The lowest BCUT2D eigenvalue weighted by atomic mass is 10.3. The third-order valence-corrected chi connectivity index (χ3v) is 2.19. The van der Waals surface area contributed by atoms with Gasteiger partial charge in [0.25, 0.3) is 0 Å². The number of pyridine rings is 1. The van der Waals surface area contributed by atoms with Crippen molar-refractivity contribution < 1.29 is 0 Å². The molecule has 0 aliphatic carbocycles. The zero-order valence-electron chi connectivity index (χ0n) is 5.44. The average Bonchev–Trinajstić information content (AvgIpc) is 2.27. The molecular weight excluding hydrogens is 274 g/mol. The van der Waals surface area contributed by atoms with Crippen molar-refractivity contribution in [2.45, 2.75) is 0 Å². The molecule has 0 fully saturated rings. The normalized spacial score (nSPS) is 10.7. The first-order valence-corrected chi connectivity index (χ1v) is 4.51. The molecule has 2 heterocycles. The Morgan fingerprint density at radius 2 is 2.27 bits per heavy atom. The number of aromatic nitrogens is 2. The Bertz CT molecular complexity index is 396. The second kappa shape index (κ2) is 2.64. The van der Waals surface area contributed by atoms with E-state index in [2.05, 4.69) is 32.6 Å². The summed E-state index contributed by atoms with van der Waals surface area (Å²) in [6.45, 7) is 0. The quantitative estimate of drug-likeness (QED) is 0.738. The molecule has 0 aromatic carbocycles. The van der Waals surface area contributed by atoms with Gasteiger partial charge >= 0.3 is 0 Å². The van der Waals surface area contributed by atoms with Gasteiger partial charge in [-0.25, -0.2) is 4.98 Å². The van der Waals surface area contributed by atoms with Crippen LogP contribution in [0.2, 0.25) is 5.02 Å². The lowest BCUT2D eigenvalue weighted by Gasteiger charge is -1.87. The molecule has 11 heavy (non-hydrogen) atoms. The summed E-state index contributed by atoms with van der Waals surface area (Å²) in [5, 5.41) is 1.73. The maximum atomic E-state index is 5.75. The second-order valence-electron chi connectivity index (χ2n) is 2.21. The van der Waals surface area contributed by atoms with Gasteiger partial charge < -0.3 is 4.98 Å². The van der Waals surface area contributed by atoms with Crippen molar-refractivity contribution in [3.05, 3.63) is 27.1 Å². The van der Waals surface area contributed by atoms with Crippen molar-refractivity contribution in [1.82, 2.24) is 9.97 Å². The Labute approximate surface area is 82.1 Å². The SMILES string of the molecule is Clc1cnc2[nH]c(I)cc2c1. The van der Waals surface area contributed by atoms with Crippen LogP contribution in [0.15, 0.2) is 18.3 Å². The minimum absolute atomic E-state index is 0.674. The third-order valence-electron chi connectivity index (χ3n) is 1.40. The van der Waals surface area contributed by atoms with E-state index in [9.17, 15) is 0 Å². The number of halogens is 2. The molecule has 0 radical (unpaired) electrons. The predicted octanol–water partition coefficient (Wildman–Crippen LogP) is 2.82. The molecular formula is C7H4ClIN2. The van der Waals surface area contributed by atoms with Crippen LogP contribution in [0, 0.1) is 3.70 Å². The molecule has 2 nitrogen and oxygen atoms in total. The van der Waals surface area contributed by atoms with Crippen LogP contribution in [0.5, 0.6) is 0 Å². The van der Waals surface area contributed by atoms with Crippen LogP contribution in [0.3, 0.4) is 0 Å². The van der Waals surface area contributed by atoms with E-state index in [0.29, 0.717) is 5.02 Å². The molecule has 0 atom stereocenters. The molecule has 2 aromatic rings. The predicted molar refractivity (Wildman–Crippen MR) is 53.8 cm³/mol. The van der Waals surface area contributed by atoms with Gasteiger partial charge in [0.1, 0.15) is 5.65 Å². The number of hydrogen-bond acceptors (Lipinski definition) is 1.